The predicted molar refractivity (Wildman–Crippen MR) is 90.6 cm³/mol. The van der Waals surface area contributed by atoms with Gasteiger partial charge in [-0.3, -0.25) is 9.59 Å². The van der Waals surface area contributed by atoms with Crippen LogP contribution in [0, 0.1) is 11.8 Å². The second-order valence-corrected chi connectivity index (χ2v) is 6.75. The van der Waals surface area contributed by atoms with Crippen molar-refractivity contribution in [3.8, 4) is 17.2 Å². The lowest BCUT2D eigenvalue weighted by atomic mass is 10.1. The molecule has 1 N–H and O–H groups in total. The van der Waals surface area contributed by atoms with E-state index in [0.29, 0.717) is 55.8 Å². The Morgan fingerprint density at radius 2 is 2.16 bits per heavy atom. The Labute approximate surface area is 147 Å². The predicted octanol–water partition coefficient (Wildman–Crippen LogP) is 1.41. The van der Waals surface area contributed by atoms with Gasteiger partial charge in [-0.05, 0) is 18.1 Å². The number of amides is 2. The summed E-state index contributed by atoms with van der Waals surface area (Å²) in [5.41, 5.74) is 0. The van der Waals surface area contributed by atoms with Crippen LogP contribution in [0.4, 0.5) is 0 Å². The van der Waals surface area contributed by atoms with Gasteiger partial charge in [0.1, 0.15) is 12.4 Å². The molecule has 136 valence electrons. The van der Waals surface area contributed by atoms with E-state index in [1.807, 2.05) is 0 Å². The van der Waals surface area contributed by atoms with E-state index in [0.717, 1.165) is 0 Å². The van der Waals surface area contributed by atoms with Gasteiger partial charge in [0.15, 0.2) is 11.5 Å². The fourth-order valence-electron chi connectivity index (χ4n) is 3.02. The van der Waals surface area contributed by atoms with E-state index in [4.69, 9.17) is 14.2 Å². The molecule has 2 amide bonds. The minimum Gasteiger partial charge on any atom is -0.492 e. The van der Waals surface area contributed by atoms with Gasteiger partial charge < -0.3 is 24.4 Å². The Balaban J connectivity index is 1.39. The van der Waals surface area contributed by atoms with Crippen molar-refractivity contribution in [3.63, 3.8) is 0 Å². The van der Waals surface area contributed by atoms with Crippen LogP contribution in [0.3, 0.4) is 0 Å². The van der Waals surface area contributed by atoms with E-state index in [9.17, 15) is 9.59 Å². The smallest absolute Gasteiger partial charge is 0.231 e. The van der Waals surface area contributed by atoms with Gasteiger partial charge in [-0.25, -0.2) is 0 Å². The highest BCUT2D eigenvalue weighted by atomic mass is 16.7. The first-order chi connectivity index (χ1) is 12.0. The topological polar surface area (TPSA) is 77.1 Å². The van der Waals surface area contributed by atoms with Crippen molar-refractivity contribution >= 4 is 11.8 Å². The number of hydrogen-bond donors (Lipinski definition) is 1. The molecule has 2 heterocycles. The fourth-order valence-corrected chi connectivity index (χ4v) is 3.02. The number of benzene rings is 1. The first kappa shape index (κ1) is 17.4. The first-order valence-electron chi connectivity index (χ1n) is 8.61. The molecule has 7 nitrogen and oxygen atoms in total. The normalized spacial score (nSPS) is 18.8. The van der Waals surface area contributed by atoms with Crippen molar-refractivity contribution < 1.29 is 23.8 Å². The van der Waals surface area contributed by atoms with Crippen molar-refractivity contribution in [1.82, 2.24) is 10.2 Å². The van der Waals surface area contributed by atoms with Crippen LogP contribution in [-0.2, 0) is 9.59 Å². The van der Waals surface area contributed by atoms with Crippen LogP contribution in [0.15, 0.2) is 18.2 Å². The number of carbonyl (C=O) groups excluding carboxylic acids is 2. The highest BCUT2D eigenvalue weighted by Crippen LogP contribution is 2.34. The van der Waals surface area contributed by atoms with Crippen LogP contribution in [0.25, 0.3) is 0 Å². The van der Waals surface area contributed by atoms with Crippen molar-refractivity contribution in [2.75, 3.05) is 33.0 Å². The largest absolute Gasteiger partial charge is 0.492 e. The average Bonchev–Trinajstić information content (AvgIpc) is 3.17. The van der Waals surface area contributed by atoms with Gasteiger partial charge in [-0.2, -0.15) is 0 Å². The Hall–Kier alpha value is -2.44. The number of likely N-dealkylation sites (tertiary alicyclic amines) is 1. The summed E-state index contributed by atoms with van der Waals surface area (Å²) in [6, 6.07) is 5.36. The minimum atomic E-state index is -0.267. The zero-order valence-corrected chi connectivity index (χ0v) is 14.6. The molecule has 0 bridgehead atoms. The molecule has 1 atom stereocenters. The number of rotatable bonds is 7. The van der Waals surface area contributed by atoms with E-state index >= 15 is 0 Å². The lowest BCUT2D eigenvalue weighted by Gasteiger charge is -2.18. The highest BCUT2D eigenvalue weighted by Gasteiger charge is 2.34. The lowest BCUT2D eigenvalue weighted by Crippen LogP contribution is -2.35. The SMILES string of the molecule is CC(C)CN1CC(C(=O)NCCOc2ccc3c(c2)OCO3)CC1=O. The summed E-state index contributed by atoms with van der Waals surface area (Å²) in [6.07, 6.45) is 0.293. The first-order valence-corrected chi connectivity index (χ1v) is 8.61. The molecule has 1 fully saturated rings. The number of ether oxygens (including phenoxy) is 3. The molecular formula is C18H24N2O5. The molecule has 3 rings (SSSR count). The summed E-state index contributed by atoms with van der Waals surface area (Å²) in [5, 5.41) is 2.84. The van der Waals surface area contributed by atoms with Gasteiger partial charge in [-0.15, -0.1) is 0 Å². The molecular weight excluding hydrogens is 324 g/mol. The van der Waals surface area contributed by atoms with Crippen LogP contribution in [0.2, 0.25) is 0 Å². The lowest BCUT2D eigenvalue weighted by molar-refractivity contribution is -0.129. The van der Waals surface area contributed by atoms with Gasteiger partial charge in [0, 0.05) is 25.6 Å². The van der Waals surface area contributed by atoms with E-state index < -0.39 is 0 Å². The molecule has 2 aliphatic heterocycles. The Morgan fingerprint density at radius 3 is 2.96 bits per heavy atom. The molecule has 25 heavy (non-hydrogen) atoms. The molecule has 0 aromatic heterocycles. The van der Waals surface area contributed by atoms with Crippen molar-refractivity contribution in [2.24, 2.45) is 11.8 Å². The third-order valence-electron chi connectivity index (χ3n) is 4.18. The maximum atomic E-state index is 12.2. The number of hydrogen-bond acceptors (Lipinski definition) is 5. The van der Waals surface area contributed by atoms with Gasteiger partial charge in [0.05, 0.1) is 12.5 Å². The summed E-state index contributed by atoms with van der Waals surface area (Å²) in [7, 11) is 0. The molecule has 0 saturated carbocycles. The van der Waals surface area contributed by atoms with E-state index in [1.54, 1.807) is 23.1 Å². The third-order valence-corrected chi connectivity index (χ3v) is 4.18. The molecule has 1 saturated heterocycles. The minimum absolute atomic E-state index is 0.0606. The van der Waals surface area contributed by atoms with Gasteiger partial charge >= 0.3 is 0 Å². The molecule has 1 aromatic rings. The Morgan fingerprint density at radius 1 is 1.36 bits per heavy atom. The Bertz CT molecular complexity index is 646. The molecule has 1 aromatic carbocycles. The number of fused-ring (bicyclic) bond motifs is 1. The van der Waals surface area contributed by atoms with Crippen LogP contribution >= 0.6 is 0 Å². The third kappa shape index (κ3) is 4.35. The summed E-state index contributed by atoms with van der Waals surface area (Å²) < 4.78 is 16.1. The van der Waals surface area contributed by atoms with Gasteiger partial charge in [0.2, 0.25) is 18.6 Å². The number of nitrogens with zero attached hydrogens (tertiary/aromatic N) is 1. The van der Waals surface area contributed by atoms with E-state index in [-0.39, 0.29) is 24.5 Å². The summed E-state index contributed by atoms with van der Waals surface area (Å²) in [6.45, 7) is 6.30. The van der Waals surface area contributed by atoms with Crippen LogP contribution in [-0.4, -0.2) is 49.7 Å². The van der Waals surface area contributed by atoms with E-state index in [2.05, 4.69) is 19.2 Å². The number of carbonyl (C=O) groups is 2. The molecule has 0 spiro atoms. The zero-order valence-electron chi connectivity index (χ0n) is 14.6. The summed E-state index contributed by atoms with van der Waals surface area (Å²) in [4.78, 5) is 25.9. The maximum absolute atomic E-state index is 12.2. The number of nitrogens with one attached hydrogen (secondary N) is 1. The zero-order chi connectivity index (χ0) is 17.8. The quantitative estimate of drug-likeness (QED) is 0.754. The molecule has 1 unspecified atom stereocenters. The van der Waals surface area contributed by atoms with Crippen LogP contribution in [0.1, 0.15) is 20.3 Å². The molecule has 0 aliphatic carbocycles. The van der Waals surface area contributed by atoms with Gasteiger partial charge in [-0.1, -0.05) is 13.8 Å². The van der Waals surface area contributed by atoms with Crippen molar-refractivity contribution in [1.29, 1.82) is 0 Å². The molecule has 7 heteroatoms. The average molecular weight is 348 g/mol. The summed E-state index contributed by atoms with van der Waals surface area (Å²) in [5.74, 6) is 2.14. The van der Waals surface area contributed by atoms with Crippen molar-refractivity contribution in [3.05, 3.63) is 18.2 Å². The maximum Gasteiger partial charge on any atom is 0.231 e. The highest BCUT2D eigenvalue weighted by molar-refractivity contribution is 5.89. The summed E-state index contributed by atoms with van der Waals surface area (Å²) >= 11 is 0. The molecule has 0 radical (unpaired) electrons. The van der Waals surface area contributed by atoms with Gasteiger partial charge in [0.25, 0.3) is 0 Å². The van der Waals surface area contributed by atoms with Crippen LogP contribution in [0.5, 0.6) is 17.2 Å². The Kier molecular flexibility index (Phi) is 5.31. The van der Waals surface area contributed by atoms with Crippen LogP contribution < -0.4 is 19.5 Å². The van der Waals surface area contributed by atoms with Crippen molar-refractivity contribution in [2.45, 2.75) is 20.3 Å². The standard InChI is InChI=1S/C18H24N2O5/c1-12(2)9-20-10-13(7-17(20)21)18(22)19-5-6-23-14-3-4-15-16(8-14)25-11-24-15/h3-4,8,12-13H,5-7,9-11H2,1-2H3,(H,19,22). The fraction of sp³-hybridized carbons (Fsp3) is 0.556. The second kappa shape index (κ2) is 7.63. The second-order valence-electron chi connectivity index (χ2n) is 6.75. The molecule has 2 aliphatic rings. The monoisotopic (exact) mass is 348 g/mol. The van der Waals surface area contributed by atoms with E-state index in [1.165, 1.54) is 0 Å².